The number of hydrogen-bond acceptors (Lipinski definition) is 5. The van der Waals surface area contributed by atoms with Crippen molar-refractivity contribution in [2.45, 2.75) is 20.3 Å². The van der Waals surface area contributed by atoms with Crippen LogP contribution in [0.15, 0.2) is 60.7 Å². The van der Waals surface area contributed by atoms with Crippen LogP contribution < -0.4 is 15.5 Å². The minimum Gasteiger partial charge on any atom is -0.326 e. The monoisotopic (exact) mass is 429 g/mol. The largest absolute Gasteiger partial charge is 0.326 e. The zero-order chi connectivity index (χ0) is 22.7. The highest BCUT2D eigenvalue weighted by Gasteiger charge is 2.35. The lowest BCUT2D eigenvalue weighted by atomic mass is 10.1. The summed E-state index contributed by atoms with van der Waals surface area (Å²) < 4.78 is 0. The third kappa shape index (κ3) is 4.80. The van der Waals surface area contributed by atoms with Gasteiger partial charge in [0.05, 0.1) is 5.92 Å². The molecule has 1 aromatic heterocycles. The van der Waals surface area contributed by atoms with Crippen molar-refractivity contribution in [2.75, 3.05) is 22.1 Å². The summed E-state index contributed by atoms with van der Waals surface area (Å²) in [7, 11) is 0. The van der Waals surface area contributed by atoms with E-state index < -0.39 is 5.92 Å². The average Bonchev–Trinajstić information content (AvgIpc) is 3.16. The molecule has 8 heteroatoms. The number of carbonyl (C=O) groups is 3. The molecule has 0 radical (unpaired) electrons. The fourth-order valence-electron chi connectivity index (χ4n) is 3.65. The molecule has 32 heavy (non-hydrogen) atoms. The van der Waals surface area contributed by atoms with Crippen LogP contribution in [-0.4, -0.2) is 34.2 Å². The third-order valence-electron chi connectivity index (χ3n) is 5.19. The zero-order valence-corrected chi connectivity index (χ0v) is 17.8. The van der Waals surface area contributed by atoms with Gasteiger partial charge >= 0.3 is 0 Å². The number of aromatic nitrogens is 2. The van der Waals surface area contributed by atoms with Gasteiger partial charge in [-0.1, -0.05) is 18.2 Å². The molecule has 8 nitrogen and oxygen atoms in total. The highest BCUT2D eigenvalue weighted by atomic mass is 16.2. The van der Waals surface area contributed by atoms with E-state index in [4.69, 9.17) is 0 Å². The van der Waals surface area contributed by atoms with Gasteiger partial charge in [0.1, 0.15) is 0 Å². The Kier molecular flexibility index (Phi) is 5.93. The molecule has 0 saturated carbocycles. The fraction of sp³-hybridized carbons (Fsp3) is 0.208. The molecule has 1 unspecified atom stereocenters. The van der Waals surface area contributed by atoms with Crippen molar-refractivity contribution in [2.24, 2.45) is 5.92 Å². The van der Waals surface area contributed by atoms with Gasteiger partial charge in [0, 0.05) is 41.3 Å². The lowest BCUT2D eigenvalue weighted by Gasteiger charge is -2.16. The van der Waals surface area contributed by atoms with Crippen LogP contribution in [0.2, 0.25) is 0 Å². The first-order valence-corrected chi connectivity index (χ1v) is 10.3. The first-order valence-electron chi connectivity index (χ1n) is 10.3. The molecule has 162 valence electrons. The van der Waals surface area contributed by atoms with E-state index in [-0.39, 0.29) is 30.1 Å². The van der Waals surface area contributed by atoms with Gasteiger partial charge in [-0.05, 0) is 56.3 Å². The van der Waals surface area contributed by atoms with Crippen LogP contribution in [0.4, 0.5) is 17.3 Å². The number of nitrogens with zero attached hydrogens (tertiary/aromatic N) is 3. The summed E-state index contributed by atoms with van der Waals surface area (Å²) in [6, 6.07) is 17.7. The Balaban J connectivity index is 1.36. The van der Waals surface area contributed by atoms with Crippen molar-refractivity contribution < 1.29 is 14.4 Å². The molecule has 1 aliphatic rings. The fourth-order valence-corrected chi connectivity index (χ4v) is 3.65. The summed E-state index contributed by atoms with van der Waals surface area (Å²) in [6.45, 7) is 4.00. The molecule has 4 rings (SSSR count). The van der Waals surface area contributed by atoms with Gasteiger partial charge in [-0.25, -0.2) is 9.97 Å². The van der Waals surface area contributed by atoms with Crippen LogP contribution in [0.3, 0.4) is 0 Å². The van der Waals surface area contributed by atoms with Gasteiger partial charge in [0.25, 0.3) is 5.91 Å². The molecule has 2 heterocycles. The first kappa shape index (κ1) is 21.2. The van der Waals surface area contributed by atoms with E-state index in [1.165, 1.54) is 0 Å². The summed E-state index contributed by atoms with van der Waals surface area (Å²) in [4.78, 5) is 47.5. The van der Waals surface area contributed by atoms with Gasteiger partial charge in [-0.3, -0.25) is 19.7 Å². The quantitative estimate of drug-likeness (QED) is 0.647. The topological polar surface area (TPSA) is 104 Å². The number of aryl methyl sites for hydroxylation is 2. The molecule has 1 atom stereocenters. The summed E-state index contributed by atoms with van der Waals surface area (Å²) in [5.41, 5.74) is 3.29. The maximum absolute atomic E-state index is 12.7. The number of rotatable bonds is 5. The predicted molar refractivity (Wildman–Crippen MR) is 121 cm³/mol. The summed E-state index contributed by atoms with van der Waals surface area (Å²) in [5, 5.41) is 5.51. The van der Waals surface area contributed by atoms with Crippen molar-refractivity contribution >= 4 is 35.0 Å². The standard InChI is InChI=1S/C24H23N5O3/c1-15-12-16(2)26-24(25-15)28-22(31)17-8-10-19(11-9-17)27-23(32)18-13-21(30)29(14-18)20-6-4-3-5-7-20/h3-12,18H,13-14H2,1-2H3,(H,27,32)(H,25,26,28,31). The molecule has 0 spiro atoms. The van der Waals surface area contributed by atoms with Gasteiger partial charge in [0.15, 0.2) is 0 Å². The molecule has 3 amide bonds. The maximum atomic E-state index is 12.7. The van der Waals surface area contributed by atoms with E-state index in [9.17, 15) is 14.4 Å². The van der Waals surface area contributed by atoms with Crippen molar-refractivity contribution in [1.82, 2.24) is 9.97 Å². The molecule has 3 aromatic rings. The number of amides is 3. The van der Waals surface area contributed by atoms with Crippen LogP contribution in [0.25, 0.3) is 0 Å². The highest BCUT2D eigenvalue weighted by Crippen LogP contribution is 2.26. The molecule has 0 aliphatic carbocycles. The second kappa shape index (κ2) is 8.97. The van der Waals surface area contributed by atoms with E-state index in [1.807, 2.05) is 50.2 Å². The predicted octanol–water partition coefficient (Wildman–Crippen LogP) is 3.34. The summed E-state index contributed by atoms with van der Waals surface area (Å²) in [6.07, 6.45) is 0.164. The third-order valence-corrected chi connectivity index (χ3v) is 5.19. The summed E-state index contributed by atoms with van der Waals surface area (Å²) in [5.74, 6) is -0.825. The minimum atomic E-state index is -0.438. The van der Waals surface area contributed by atoms with E-state index >= 15 is 0 Å². The molecule has 1 saturated heterocycles. The number of hydrogen-bond donors (Lipinski definition) is 2. The second-order valence-corrected chi connectivity index (χ2v) is 7.74. The van der Waals surface area contributed by atoms with Crippen LogP contribution in [-0.2, 0) is 9.59 Å². The summed E-state index contributed by atoms with van der Waals surface area (Å²) >= 11 is 0. The Labute approximate surface area is 185 Å². The normalized spacial score (nSPS) is 15.5. The van der Waals surface area contributed by atoms with E-state index in [0.29, 0.717) is 17.8 Å². The minimum absolute atomic E-state index is 0.0722. The van der Waals surface area contributed by atoms with Crippen LogP contribution in [0.5, 0.6) is 0 Å². The Morgan fingerprint density at radius 2 is 1.59 bits per heavy atom. The lowest BCUT2D eigenvalue weighted by molar-refractivity contribution is -0.122. The Hall–Kier alpha value is -4.07. The Bertz CT molecular complexity index is 1140. The number of carbonyl (C=O) groups excluding carboxylic acids is 3. The van der Waals surface area contributed by atoms with Gasteiger partial charge < -0.3 is 10.2 Å². The van der Waals surface area contributed by atoms with Crippen molar-refractivity contribution in [3.05, 3.63) is 77.6 Å². The molecule has 0 bridgehead atoms. The SMILES string of the molecule is Cc1cc(C)nc(NC(=O)c2ccc(NC(=O)C3CC(=O)N(c4ccccc4)C3)cc2)n1. The molecular formula is C24H23N5O3. The molecule has 1 fully saturated rings. The van der Waals surface area contributed by atoms with Gasteiger partial charge in [-0.15, -0.1) is 0 Å². The van der Waals surface area contributed by atoms with E-state index in [0.717, 1.165) is 17.1 Å². The number of para-hydroxylation sites is 1. The van der Waals surface area contributed by atoms with Crippen molar-refractivity contribution in [1.29, 1.82) is 0 Å². The van der Waals surface area contributed by atoms with Crippen molar-refractivity contribution in [3.8, 4) is 0 Å². The molecule has 1 aliphatic heterocycles. The molecule has 2 aromatic carbocycles. The Morgan fingerprint density at radius 1 is 0.938 bits per heavy atom. The van der Waals surface area contributed by atoms with Gasteiger partial charge in [0.2, 0.25) is 17.8 Å². The number of benzene rings is 2. The Morgan fingerprint density at radius 3 is 2.25 bits per heavy atom. The van der Waals surface area contributed by atoms with Crippen molar-refractivity contribution in [3.63, 3.8) is 0 Å². The van der Waals surface area contributed by atoms with Crippen LogP contribution in [0.1, 0.15) is 28.2 Å². The number of nitrogens with one attached hydrogen (secondary N) is 2. The highest BCUT2D eigenvalue weighted by molar-refractivity contribution is 6.05. The number of anilines is 3. The molecule has 2 N–H and O–H groups in total. The smallest absolute Gasteiger partial charge is 0.258 e. The molecular weight excluding hydrogens is 406 g/mol. The zero-order valence-electron chi connectivity index (χ0n) is 17.8. The average molecular weight is 429 g/mol. The van der Waals surface area contributed by atoms with Gasteiger partial charge in [-0.2, -0.15) is 0 Å². The van der Waals surface area contributed by atoms with E-state index in [1.54, 1.807) is 29.2 Å². The first-order chi connectivity index (χ1) is 15.4. The van der Waals surface area contributed by atoms with Crippen LogP contribution >= 0.6 is 0 Å². The maximum Gasteiger partial charge on any atom is 0.258 e. The lowest BCUT2D eigenvalue weighted by Crippen LogP contribution is -2.28. The van der Waals surface area contributed by atoms with Crippen LogP contribution in [0, 0.1) is 19.8 Å². The second-order valence-electron chi connectivity index (χ2n) is 7.74. The van der Waals surface area contributed by atoms with E-state index in [2.05, 4.69) is 20.6 Å².